The lowest BCUT2D eigenvalue weighted by Gasteiger charge is -2.26. The number of hydrogen-bond donors (Lipinski definition) is 1. The standard InChI is InChI=1S/C17H27N5O2/c23-16(18-5-8-21-9-11-24-12-10-21)15-13-19-17(20-14-15)22-6-3-1-2-4-7-22/h13-14H,1-12H2,(H,18,23). The largest absolute Gasteiger partial charge is 0.379 e. The zero-order valence-corrected chi connectivity index (χ0v) is 14.2. The minimum atomic E-state index is -0.106. The summed E-state index contributed by atoms with van der Waals surface area (Å²) in [5, 5.41) is 2.94. The Hall–Kier alpha value is -1.73. The van der Waals surface area contributed by atoms with E-state index in [0.717, 1.165) is 51.9 Å². The van der Waals surface area contributed by atoms with Gasteiger partial charge in [-0.15, -0.1) is 0 Å². The highest BCUT2D eigenvalue weighted by atomic mass is 16.5. The quantitative estimate of drug-likeness (QED) is 0.864. The molecule has 0 radical (unpaired) electrons. The van der Waals surface area contributed by atoms with E-state index in [2.05, 4.69) is 25.1 Å². The summed E-state index contributed by atoms with van der Waals surface area (Å²) in [7, 11) is 0. The fraction of sp³-hybridized carbons (Fsp3) is 0.706. The molecular formula is C17H27N5O2. The zero-order chi connectivity index (χ0) is 16.6. The number of rotatable bonds is 5. The lowest BCUT2D eigenvalue weighted by molar-refractivity contribution is 0.0383. The number of aromatic nitrogens is 2. The number of nitrogens with one attached hydrogen (secondary N) is 1. The van der Waals surface area contributed by atoms with Crippen molar-refractivity contribution in [3.8, 4) is 0 Å². The molecule has 132 valence electrons. The van der Waals surface area contributed by atoms with Crippen molar-refractivity contribution in [3.63, 3.8) is 0 Å². The molecule has 0 aliphatic carbocycles. The van der Waals surface area contributed by atoms with Gasteiger partial charge in [-0.05, 0) is 12.8 Å². The monoisotopic (exact) mass is 333 g/mol. The van der Waals surface area contributed by atoms with Crippen molar-refractivity contribution in [2.45, 2.75) is 25.7 Å². The topological polar surface area (TPSA) is 70.6 Å². The Morgan fingerprint density at radius 2 is 1.71 bits per heavy atom. The first-order valence-corrected chi connectivity index (χ1v) is 8.98. The van der Waals surface area contributed by atoms with Crippen LogP contribution in [0.15, 0.2) is 12.4 Å². The van der Waals surface area contributed by atoms with E-state index in [9.17, 15) is 4.79 Å². The molecule has 1 amide bonds. The van der Waals surface area contributed by atoms with Crippen LogP contribution in [-0.2, 0) is 4.74 Å². The molecule has 0 aromatic carbocycles. The summed E-state index contributed by atoms with van der Waals surface area (Å²) in [4.78, 5) is 25.5. The Balaban J connectivity index is 1.46. The van der Waals surface area contributed by atoms with Gasteiger partial charge in [-0.2, -0.15) is 0 Å². The highest BCUT2D eigenvalue weighted by Crippen LogP contribution is 2.15. The molecule has 1 N–H and O–H groups in total. The predicted octanol–water partition coefficient (Wildman–Crippen LogP) is 0.919. The van der Waals surface area contributed by atoms with Crippen molar-refractivity contribution >= 4 is 11.9 Å². The van der Waals surface area contributed by atoms with Crippen LogP contribution in [0, 0.1) is 0 Å². The fourth-order valence-electron chi connectivity index (χ4n) is 3.13. The first-order chi connectivity index (χ1) is 11.8. The molecular weight excluding hydrogens is 306 g/mol. The van der Waals surface area contributed by atoms with Gasteiger partial charge in [0, 0.05) is 51.7 Å². The molecule has 7 nitrogen and oxygen atoms in total. The highest BCUT2D eigenvalue weighted by Gasteiger charge is 2.14. The van der Waals surface area contributed by atoms with E-state index in [1.165, 1.54) is 25.7 Å². The summed E-state index contributed by atoms with van der Waals surface area (Å²) < 4.78 is 5.32. The van der Waals surface area contributed by atoms with Crippen molar-refractivity contribution in [2.24, 2.45) is 0 Å². The van der Waals surface area contributed by atoms with Crippen LogP contribution in [0.25, 0.3) is 0 Å². The van der Waals surface area contributed by atoms with Gasteiger partial charge in [-0.25, -0.2) is 9.97 Å². The molecule has 0 spiro atoms. The van der Waals surface area contributed by atoms with E-state index in [0.29, 0.717) is 12.1 Å². The molecule has 1 aromatic heterocycles. The Morgan fingerprint density at radius 3 is 2.38 bits per heavy atom. The van der Waals surface area contributed by atoms with Crippen LogP contribution in [0.4, 0.5) is 5.95 Å². The first kappa shape index (κ1) is 17.1. The van der Waals surface area contributed by atoms with E-state index in [-0.39, 0.29) is 5.91 Å². The number of amides is 1. The molecule has 3 rings (SSSR count). The van der Waals surface area contributed by atoms with Gasteiger partial charge in [-0.1, -0.05) is 12.8 Å². The number of nitrogens with zero attached hydrogens (tertiary/aromatic N) is 4. The van der Waals surface area contributed by atoms with Gasteiger partial charge in [-0.3, -0.25) is 9.69 Å². The second-order valence-electron chi connectivity index (χ2n) is 6.38. The summed E-state index contributed by atoms with van der Waals surface area (Å²) in [6.45, 7) is 6.91. The van der Waals surface area contributed by atoms with Gasteiger partial charge in [0.25, 0.3) is 5.91 Å². The normalized spacial score (nSPS) is 19.8. The maximum Gasteiger partial charge on any atom is 0.254 e. The SMILES string of the molecule is O=C(NCCN1CCOCC1)c1cnc(N2CCCCCC2)nc1. The average Bonchev–Trinajstić information content (AvgIpc) is 2.92. The lowest BCUT2D eigenvalue weighted by atomic mass is 10.2. The highest BCUT2D eigenvalue weighted by molar-refractivity contribution is 5.93. The molecule has 2 aliphatic heterocycles. The van der Waals surface area contributed by atoms with Crippen LogP contribution >= 0.6 is 0 Å². The Bertz CT molecular complexity index is 508. The third-order valence-corrected chi connectivity index (χ3v) is 4.61. The smallest absolute Gasteiger partial charge is 0.254 e. The molecule has 2 fully saturated rings. The van der Waals surface area contributed by atoms with Gasteiger partial charge in [0.2, 0.25) is 5.95 Å². The van der Waals surface area contributed by atoms with Gasteiger partial charge in [0.05, 0.1) is 18.8 Å². The van der Waals surface area contributed by atoms with E-state index in [4.69, 9.17) is 4.74 Å². The van der Waals surface area contributed by atoms with Crippen LogP contribution in [0.3, 0.4) is 0 Å². The number of carbonyl (C=O) groups is 1. The maximum absolute atomic E-state index is 12.2. The molecule has 0 saturated carbocycles. The number of hydrogen-bond acceptors (Lipinski definition) is 6. The number of ether oxygens (including phenoxy) is 1. The van der Waals surface area contributed by atoms with Crippen LogP contribution < -0.4 is 10.2 Å². The van der Waals surface area contributed by atoms with Gasteiger partial charge in [0.1, 0.15) is 0 Å². The zero-order valence-electron chi connectivity index (χ0n) is 14.2. The van der Waals surface area contributed by atoms with Crippen LogP contribution in [0.5, 0.6) is 0 Å². The molecule has 0 unspecified atom stereocenters. The average molecular weight is 333 g/mol. The molecule has 0 bridgehead atoms. The summed E-state index contributed by atoms with van der Waals surface area (Å²) in [5.41, 5.74) is 0.524. The number of morpholine rings is 1. The fourth-order valence-corrected chi connectivity index (χ4v) is 3.13. The molecule has 7 heteroatoms. The van der Waals surface area contributed by atoms with Crippen LogP contribution in [0.2, 0.25) is 0 Å². The molecule has 2 aliphatic rings. The molecule has 0 atom stereocenters. The van der Waals surface area contributed by atoms with Crippen molar-refractivity contribution in [3.05, 3.63) is 18.0 Å². The van der Waals surface area contributed by atoms with Crippen LogP contribution in [-0.4, -0.2) is 73.3 Å². The van der Waals surface area contributed by atoms with Crippen LogP contribution in [0.1, 0.15) is 36.0 Å². The summed E-state index contributed by atoms with van der Waals surface area (Å²) in [6, 6.07) is 0. The first-order valence-electron chi connectivity index (χ1n) is 8.98. The van der Waals surface area contributed by atoms with Crippen molar-refractivity contribution in [2.75, 3.05) is 57.4 Å². The van der Waals surface area contributed by atoms with E-state index in [1.807, 2.05) is 0 Å². The lowest BCUT2D eigenvalue weighted by Crippen LogP contribution is -2.41. The summed E-state index contributed by atoms with van der Waals surface area (Å²) in [5.74, 6) is 0.632. The third kappa shape index (κ3) is 4.88. The predicted molar refractivity (Wildman–Crippen MR) is 92.3 cm³/mol. The van der Waals surface area contributed by atoms with E-state index >= 15 is 0 Å². The minimum absolute atomic E-state index is 0.106. The third-order valence-electron chi connectivity index (χ3n) is 4.61. The van der Waals surface area contributed by atoms with Gasteiger partial charge in [0.15, 0.2) is 0 Å². The molecule has 24 heavy (non-hydrogen) atoms. The molecule has 2 saturated heterocycles. The maximum atomic E-state index is 12.2. The number of carbonyl (C=O) groups excluding carboxylic acids is 1. The van der Waals surface area contributed by atoms with E-state index in [1.54, 1.807) is 12.4 Å². The van der Waals surface area contributed by atoms with Gasteiger partial charge < -0.3 is 15.0 Å². The van der Waals surface area contributed by atoms with Crippen molar-refractivity contribution in [1.82, 2.24) is 20.2 Å². The number of anilines is 1. The summed E-state index contributed by atoms with van der Waals surface area (Å²) >= 11 is 0. The van der Waals surface area contributed by atoms with Crippen molar-refractivity contribution < 1.29 is 9.53 Å². The Morgan fingerprint density at radius 1 is 1.04 bits per heavy atom. The Labute approximate surface area is 143 Å². The summed E-state index contributed by atoms with van der Waals surface area (Å²) in [6.07, 6.45) is 8.20. The Kier molecular flexibility index (Phi) is 6.37. The molecule has 3 heterocycles. The second-order valence-corrected chi connectivity index (χ2v) is 6.38. The minimum Gasteiger partial charge on any atom is -0.379 e. The van der Waals surface area contributed by atoms with Gasteiger partial charge >= 0.3 is 0 Å². The van der Waals surface area contributed by atoms with E-state index < -0.39 is 0 Å². The van der Waals surface area contributed by atoms with Crippen molar-refractivity contribution in [1.29, 1.82) is 0 Å². The molecule has 1 aromatic rings. The second kappa shape index (κ2) is 8.94.